The normalized spacial score (nSPS) is 15.1. The number of fused-ring (bicyclic) bond motifs is 1. The van der Waals surface area contributed by atoms with Gasteiger partial charge < -0.3 is 9.47 Å². The number of H-pyrrole nitrogens is 1. The van der Waals surface area contributed by atoms with Crippen LogP contribution in [0.3, 0.4) is 0 Å². The first-order chi connectivity index (χ1) is 10.0. The van der Waals surface area contributed by atoms with Crippen LogP contribution in [0.1, 0.15) is 37.7 Å². The summed E-state index contributed by atoms with van der Waals surface area (Å²) in [5.74, 6) is 0.160. The zero-order valence-corrected chi connectivity index (χ0v) is 12.9. The molecule has 112 valence electrons. The Morgan fingerprint density at radius 3 is 2.76 bits per heavy atom. The third kappa shape index (κ3) is 2.26. The molecule has 0 fully saturated rings. The zero-order chi connectivity index (χ0) is 15.0. The van der Waals surface area contributed by atoms with E-state index in [0.717, 1.165) is 25.1 Å². The van der Waals surface area contributed by atoms with E-state index in [4.69, 9.17) is 0 Å². The average molecular weight is 286 g/mol. The first-order valence-electron chi connectivity index (χ1n) is 7.52. The molecule has 5 heteroatoms. The number of hydrogen-bond acceptors (Lipinski definition) is 2. The topological polar surface area (TPSA) is 53.9 Å². The Morgan fingerprint density at radius 2 is 2.10 bits per heavy atom. The van der Waals surface area contributed by atoms with Gasteiger partial charge in [-0.15, -0.1) is 0 Å². The molecule has 1 aliphatic heterocycles. The maximum absolute atomic E-state index is 12.9. The summed E-state index contributed by atoms with van der Waals surface area (Å²) in [7, 11) is 0. The molecular formula is C16H22N4O. The van der Waals surface area contributed by atoms with Gasteiger partial charge in [-0.05, 0) is 32.4 Å². The Labute approximate surface area is 125 Å². The van der Waals surface area contributed by atoms with Crippen LogP contribution in [0.2, 0.25) is 0 Å². The van der Waals surface area contributed by atoms with Crippen LogP contribution in [0.4, 0.5) is 0 Å². The summed E-state index contributed by atoms with van der Waals surface area (Å²) in [6.07, 6.45) is 5.65. The Hall–Kier alpha value is -2.04. The number of aryl methyl sites for hydroxylation is 1. The summed E-state index contributed by atoms with van der Waals surface area (Å²) in [6, 6.07) is 3.91. The second-order valence-electron chi connectivity index (χ2n) is 6.11. The van der Waals surface area contributed by atoms with Crippen LogP contribution >= 0.6 is 0 Å². The molecule has 0 saturated heterocycles. The fourth-order valence-electron chi connectivity index (χ4n) is 3.02. The Bertz CT molecular complexity index is 626. The van der Waals surface area contributed by atoms with E-state index in [0.29, 0.717) is 6.54 Å². The maximum atomic E-state index is 12.9. The quantitative estimate of drug-likeness (QED) is 0.939. The highest BCUT2D eigenvalue weighted by atomic mass is 16.2. The van der Waals surface area contributed by atoms with Gasteiger partial charge in [0.25, 0.3) is 0 Å². The van der Waals surface area contributed by atoms with Crippen LogP contribution in [0.5, 0.6) is 0 Å². The molecule has 2 aromatic rings. The molecule has 0 aliphatic carbocycles. The highest BCUT2D eigenvalue weighted by molar-refractivity contribution is 5.84. The number of nitrogens with one attached hydrogen (secondary N) is 1. The van der Waals surface area contributed by atoms with E-state index in [-0.39, 0.29) is 5.91 Å². The van der Waals surface area contributed by atoms with Crippen LogP contribution < -0.4 is 0 Å². The lowest BCUT2D eigenvalue weighted by molar-refractivity contribution is -0.140. The number of carbonyl (C=O) groups excluding carboxylic acids is 1. The molecule has 3 heterocycles. The minimum absolute atomic E-state index is 0.160. The summed E-state index contributed by atoms with van der Waals surface area (Å²) < 4.78 is 1.97. The summed E-state index contributed by atoms with van der Waals surface area (Å²) in [4.78, 5) is 14.9. The summed E-state index contributed by atoms with van der Waals surface area (Å²) >= 11 is 0. The van der Waals surface area contributed by atoms with Crippen molar-refractivity contribution in [3.8, 4) is 0 Å². The molecule has 0 spiro atoms. The molecule has 1 aliphatic rings. The van der Waals surface area contributed by atoms with E-state index < -0.39 is 5.54 Å². The van der Waals surface area contributed by atoms with Crippen molar-refractivity contribution in [2.45, 2.75) is 45.7 Å². The van der Waals surface area contributed by atoms with Crippen molar-refractivity contribution in [1.29, 1.82) is 0 Å². The molecule has 0 radical (unpaired) electrons. The number of amides is 1. The van der Waals surface area contributed by atoms with Crippen molar-refractivity contribution in [2.24, 2.45) is 0 Å². The molecule has 21 heavy (non-hydrogen) atoms. The maximum Gasteiger partial charge on any atom is 0.248 e. The van der Waals surface area contributed by atoms with Crippen LogP contribution in [-0.2, 0) is 29.7 Å². The second kappa shape index (κ2) is 5.06. The summed E-state index contributed by atoms with van der Waals surface area (Å²) in [5.41, 5.74) is 2.92. The van der Waals surface area contributed by atoms with Gasteiger partial charge in [0.05, 0.1) is 5.69 Å². The summed E-state index contributed by atoms with van der Waals surface area (Å²) in [6.45, 7) is 7.46. The van der Waals surface area contributed by atoms with Crippen LogP contribution in [0, 0.1) is 0 Å². The van der Waals surface area contributed by atoms with E-state index >= 15 is 0 Å². The third-order valence-electron chi connectivity index (χ3n) is 4.41. The number of aromatic nitrogens is 3. The average Bonchev–Trinajstić information content (AvgIpc) is 3.15. The Balaban J connectivity index is 1.84. The zero-order valence-electron chi connectivity index (χ0n) is 12.9. The largest absolute Gasteiger partial charge is 0.340 e. The predicted molar refractivity (Wildman–Crippen MR) is 80.8 cm³/mol. The van der Waals surface area contributed by atoms with Crippen LogP contribution in [0.15, 0.2) is 24.5 Å². The van der Waals surface area contributed by atoms with Gasteiger partial charge in [-0.2, -0.15) is 5.10 Å². The van der Waals surface area contributed by atoms with Crippen molar-refractivity contribution in [1.82, 2.24) is 19.7 Å². The molecule has 5 nitrogen and oxygen atoms in total. The number of carbonyl (C=O) groups is 1. The standard InChI is InChI=1S/C16H22N4O/c1-4-13-12-11-19(10-7-14(12)18-17-13)15(21)16(2,3)20-8-5-6-9-20/h5-6,8-9H,4,7,10-11H2,1-3H3,(H,17,18). The van der Waals surface area contributed by atoms with Crippen molar-refractivity contribution in [2.75, 3.05) is 6.54 Å². The molecule has 0 aromatic carbocycles. The fraction of sp³-hybridized carbons (Fsp3) is 0.500. The highest BCUT2D eigenvalue weighted by Crippen LogP contribution is 2.25. The molecule has 0 saturated carbocycles. The van der Waals surface area contributed by atoms with Gasteiger partial charge in [0.2, 0.25) is 5.91 Å². The lowest BCUT2D eigenvalue weighted by Crippen LogP contribution is -2.48. The number of hydrogen-bond donors (Lipinski definition) is 1. The number of rotatable bonds is 3. The third-order valence-corrected chi connectivity index (χ3v) is 4.41. The van der Waals surface area contributed by atoms with E-state index in [1.54, 1.807) is 0 Å². The molecule has 1 amide bonds. The lowest BCUT2D eigenvalue weighted by Gasteiger charge is -2.35. The van der Waals surface area contributed by atoms with Gasteiger partial charge in [0.15, 0.2) is 0 Å². The van der Waals surface area contributed by atoms with Gasteiger partial charge in [0.1, 0.15) is 5.54 Å². The Kier molecular flexibility index (Phi) is 3.35. The summed E-state index contributed by atoms with van der Waals surface area (Å²) in [5, 5.41) is 7.46. The highest BCUT2D eigenvalue weighted by Gasteiger charge is 2.35. The first kappa shape index (κ1) is 13.9. The van der Waals surface area contributed by atoms with Crippen molar-refractivity contribution >= 4 is 5.91 Å². The minimum Gasteiger partial charge on any atom is -0.340 e. The first-order valence-corrected chi connectivity index (χ1v) is 7.52. The van der Waals surface area contributed by atoms with Gasteiger partial charge in [0, 0.05) is 43.2 Å². The van der Waals surface area contributed by atoms with Crippen LogP contribution in [-0.4, -0.2) is 32.1 Å². The van der Waals surface area contributed by atoms with Gasteiger partial charge in [-0.3, -0.25) is 9.89 Å². The SMILES string of the molecule is CCc1n[nH]c2c1CN(C(=O)C(C)(C)n1cccc1)CC2. The van der Waals surface area contributed by atoms with E-state index in [1.165, 1.54) is 11.3 Å². The minimum atomic E-state index is -0.558. The number of nitrogens with zero attached hydrogens (tertiary/aromatic N) is 3. The Morgan fingerprint density at radius 1 is 1.38 bits per heavy atom. The van der Waals surface area contributed by atoms with Gasteiger partial charge in [-0.1, -0.05) is 6.92 Å². The van der Waals surface area contributed by atoms with Gasteiger partial charge >= 0.3 is 0 Å². The van der Waals surface area contributed by atoms with E-state index in [9.17, 15) is 4.79 Å². The van der Waals surface area contributed by atoms with Crippen molar-refractivity contribution in [3.05, 3.63) is 41.5 Å². The second-order valence-corrected chi connectivity index (χ2v) is 6.11. The van der Waals surface area contributed by atoms with Crippen molar-refractivity contribution in [3.63, 3.8) is 0 Å². The van der Waals surface area contributed by atoms with Gasteiger partial charge in [-0.25, -0.2) is 0 Å². The molecule has 0 unspecified atom stereocenters. The van der Waals surface area contributed by atoms with E-state index in [1.807, 2.05) is 47.8 Å². The molecule has 0 atom stereocenters. The number of aromatic amines is 1. The fourth-order valence-corrected chi connectivity index (χ4v) is 3.02. The molecular weight excluding hydrogens is 264 g/mol. The lowest BCUT2D eigenvalue weighted by atomic mass is 9.98. The monoisotopic (exact) mass is 286 g/mol. The molecule has 3 rings (SSSR count). The smallest absolute Gasteiger partial charge is 0.248 e. The molecule has 2 aromatic heterocycles. The van der Waals surface area contributed by atoms with Crippen LogP contribution in [0.25, 0.3) is 0 Å². The predicted octanol–water partition coefficient (Wildman–Crippen LogP) is 2.09. The van der Waals surface area contributed by atoms with Crippen molar-refractivity contribution < 1.29 is 4.79 Å². The molecule has 0 bridgehead atoms. The van der Waals surface area contributed by atoms with E-state index in [2.05, 4.69) is 17.1 Å². The molecule has 1 N–H and O–H groups in total.